The lowest BCUT2D eigenvalue weighted by Crippen LogP contribution is -2.34. The van der Waals surface area contributed by atoms with Crippen LogP contribution < -0.4 is 5.32 Å². The zero-order valence-electron chi connectivity index (χ0n) is 10.8. The van der Waals surface area contributed by atoms with Gasteiger partial charge in [-0.3, -0.25) is 4.79 Å². The molecule has 0 bridgehead atoms. The number of carbonyl (C=O) groups is 2. The number of aromatic carboxylic acids is 1. The molecule has 1 aliphatic rings. The number of amides is 1. The zero-order valence-corrected chi connectivity index (χ0v) is 11.6. The molecule has 1 aliphatic carbocycles. The van der Waals surface area contributed by atoms with Crippen LogP contribution >= 0.6 is 11.3 Å². The SMILES string of the molecule is CCOCC1(C(=O)NCc2ccc(C(=O)O)s2)CC1. The Morgan fingerprint density at radius 2 is 2.21 bits per heavy atom. The summed E-state index contributed by atoms with van der Waals surface area (Å²) in [7, 11) is 0. The van der Waals surface area contributed by atoms with Gasteiger partial charge in [0.05, 0.1) is 18.6 Å². The van der Waals surface area contributed by atoms with Crippen LogP contribution in [0.15, 0.2) is 12.1 Å². The van der Waals surface area contributed by atoms with Gasteiger partial charge in [-0.2, -0.15) is 0 Å². The number of thiophene rings is 1. The molecule has 1 heterocycles. The minimum absolute atomic E-state index is 0.00576. The van der Waals surface area contributed by atoms with E-state index in [2.05, 4.69) is 5.32 Å². The predicted octanol–water partition coefficient (Wildman–Crippen LogP) is 1.88. The quantitative estimate of drug-likeness (QED) is 0.801. The average Bonchev–Trinajstić information content (AvgIpc) is 3.03. The summed E-state index contributed by atoms with van der Waals surface area (Å²) in [5.74, 6) is -0.927. The number of nitrogens with one attached hydrogen (secondary N) is 1. The molecule has 2 N–H and O–H groups in total. The second-order valence-corrected chi connectivity index (χ2v) is 5.84. The predicted molar refractivity (Wildman–Crippen MR) is 71.3 cm³/mol. The van der Waals surface area contributed by atoms with Gasteiger partial charge in [-0.25, -0.2) is 4.79 Å². The highest BCUT2D eigenvalue weighted by Gasteiger charge is 2.49. The maximum Gasteiger partial charge on any atom is 0.345 e. The number of hydrogen-bond donors (Lipinski definition) is 2. The largest absolute Gasteiger partial charge is 0.477 e. The normalized spacial score (nSPS) is 16.1. The molecular weight excluding hydrogens is 266 g/mol. The van der Waals surface area contributed by atoms with Gasteiger partial charge < -0.3 is 15.2 Å². The smallest absolute Gasteiger partial charge is 0.345 e. The van der Waals surface area contributed by atoms with Gasteiger partial charge in [0.25, 0.3) is 0 Å². The van der Waals surface area contributed by atoms with E-state index < -0.39 is 5.97 Å². The summed E-state index contributed by atoms with van der Waals surface area (Å²) in [6.45, 7) is 3.37. The molecule has 0 atom stereocenters. The molecule has 0 aromatic carbocycles. The van der Waals surface area contributed by atoms with Crippen molar-refractivity contribution in [3.63, 3.8) is 0 Å². The zero-order chi connectivity index (χ0) is 13.9. The summed E-state index contributed by atoms with van der Waals surface area (Å²) in [6.07, 6.45) is 1.73. The lowest BCUT2D eigenvalue weighted by Gasteiger charge is -2.14. The van der Waals surface area contributed by atoms with Crippen molar-refractivity contribution >= 4 is 23.2 Å². The first kappa shape index (κ1) is 14.0. The molecule has 1 fully saturated rings. The highest BCUT2D eigenvalue weighted by Crippen LogP contribution is 2.46. The number of ether oxygens (including phenoxy) is 1. The van der Waals surface area contributed by atoms with Crippen molar-refractivity contribution in [1.29, 1.82) is 0 Å². The van der Waals surface area contributed by atoms with Crippen LogP contribution in [0.4, 0.5) is 0 Å². The first-order valence-corrected chi connectivity index (χ1v) is 7.07. The molecule has 0 spiro atoms. The van der Waals surface area contributed by atoms with Crippen molar-refractivity contribution in [2.24, 2.45) is 5.41 Å². The van der Waals surface area contributed by atoms with E-state index in [1.54, 1.807) is 12.1 Å². The second-order valence-electron chi connectivity index (χ2n) is 4.67. The van der Waals surface area contributed by atoms with E-state index in [9.17, 15) is 9.59 Å². The molecule has 19 heavy (non-hydrogen) atoms. The Labute approximate surface area is 115 Å². The monoisotopic (exact) mass is 283 g/mol. The van der Waals surface area contributed by atoms with Gasteiger partial charge in [0.1, 0.15) is 4.88 Å². The van der Waals surface area contributed by atoms with Crippen molar-refractivity contribution in [3.8, 4) is 0 Å². The minimum Gasteiger partial charge on any atom is -0.477 e. The summed E-state index contributed by atoms with van der Waals surface area (Å²) in [6, 6.07) is 3.29. The third-order valence-electron chi connectivity index (χ3n) is 3.21. The first-order chi connectivity index (χ1) is 9.07. The topological polar surface area (TPSA) is 75.6 Å². The van der Waals surface area contributed by atoms with Crippen LogP contribution in [0, 0.1) is 5.41 Å². The van der Waals surface area contributed by atoms with Gasteiger partial charge in [-0.1, -0.05) is 0 Å². The van der Waals surface area contributed by atoms with Crippen molar-refractivity contribution in [3.05, 3.63) is 21.9 Å². The van der Waals surface area contributed by atoms with Gasteiger partial charge in [-0.05, 0) is 31.9 Å². The van der Waals surface area contributed by atoms with Crippen LogP contribution in [0.5, 0.6) is 0 Å². The summed E-state index contributed by atoms with van der Waals surface area (Å²) in [4.78, 5) is 23.9. The maximum absolute atomic E-state index is 12.0. The van der Waals surface area contributed by atoms with Gasteiger partial charge in [0, 0.05) is 11.5 Å². The van der Waals surface area contributed by atoms with Crippen molar-refractivity contribution in [2.45, 2.75) is 26.3 Å². The lowest BCUT2D eigenvalue weighted by molar-refractivity contribution is -0.128. The summed E-state index contributed by atoms with van der Waals surface area (Å²) in [5.41, 5.74) is -0.344. The summed E-state index contributed by atoms with van der Waals surface area (Å²) >= 11 is 1.19. The Balaban J connectivity index is 1.84. The van der Waals surface area contributed by atoms with Gasteiger partial charge in [0.2, 0.25) is 5.91 Å². The van der Waals surface area contributed by atoms with Gasteiger partial charge in [-0.15, -0.1) is 11.3 Å². The summed E-state index contributed by atoms with van der Waals surface area (Å²) in [5, 5.41) is 11.7. The molecule has 0 saturated heterocycles. The molecule has 1 saturated carbocycles. The molecule has 104 valence electrons. The Hall–Kier alpha value is -1.40. The maximum atomic E-state index is 12.0. The van der Waals surface area contributed by atoms with Crippen LogP contribution in [0.3, 0.4) is 0 Å². The second kappa shape index (κ2) is 5.71. The fourth-order valence-corrected chi connectivity index (χ4v) is 2.61. The van der Waals surface area contributed by atoms with E-state index >= 15 is 0 Å². The van der Waals surface area contributed by atoms with Gasteiger partial charge in [0.15, 0.2) is 0 Å². The number of carboxylic acids is 1. The fourth-order valence-electron chi connectivity index (χ4n) is 1.83. The molecule has 5 nitrogen and oxygen atoms in total. The highest BCUT2D eigenvalue weighted by atomic mass is 32.1. The Bertz CT molecular complexity index is 479. The van der Waals surface area contributed by atoms with Crippen molar-refractivity contribution < 1.29 is 19.4 Å². The molecule has 1 aromatic rings. The molecule has 6 heteroatoms. The van der Waals surface area contributed by atoms with E-state index in [0.29, 0.717) is 24.6 Å². The highest BCUT2D eigenvalue weighted by molar-refractivity contribution is 7.13. The van der Waals surface area contributed by atoms with Crippen molar-refractivity contribution in [1.82, 2.24) is 5.32 Å². The molecule has 2 rings (SSSR count). The van der Waals surface area contributed by atoms with E-state index in [1.165, 1.54) is 11.3 Å². The molecule has 0 unspecified atom stereocenters. The van der Waals surface area contributed by atoms with Crippen LogP contribution in [-0.4, -0.2) is 30.2 Å². The van der Waals surface area contributed by atoms with E-state index in [1.807, 2.05) is 6.92 Å². The molecular formula is C13H17NO4S. The van der Waals surface area contributed by atoms with Crippen LogP contribution in [-0.2, 0) is 16.1 Å². The fraction of sp³-hybridized carbons (Fsp3) is 0.538. The number of hydrogen-bond acceptors (Lipinski definition) is 4. The number of rotatable bonds is 7. The molecule has 0 aliphatic heterocycles. The van der Waals surface area contributed by atoms with Crippen molar-refractivity contribution in [2.75, 3.05) is 13.2 Å². The Morgan fingerprint density at radius 1 is 1.47 bits per heavy atom. The third-order valence-corrected chi connectivity index (χ3v) is 4.29. The van der Waals surface area contributed by atoms with E-state index in [-0.39, 0.29) is 11.3 Å². The Kier molecular flexibility index (Phi) is 4.21. The van der Waals surface area contributed by atoms with Crippen LogP contribution in [0.25, 0.3) is 0 Å². The number of carboxylic acid groups (broad SMARTS) is 1. The average molecular weight is 283 g/mol. The lowest BCUT2D eigenvalue weighted by atomic mass is 10.1. The standard InChI is InChI=1S/C13H17NO4S/c1-2-18-8-13(5-6-13)12(17)14-7-9-3-4-10(19-9)11(15)16/h3-4H,2,5-8H2,1H3,(H,14,17)(H,15,16). The van der Waals surface area contributed by atoms with Crippen LogP contribution in [0.1, 0.15) is 34.3 Å². The Morgan fingerprint density at radius 3 is 2.74 bits per heavy atom. The first-order valence-electron chi connectivity index (χ1n) is 6.25. The van der Waals surface area contributed by atoms with E-state index in [4.69, 9.17) is 9.84 Å². The summed E-state index contributed by atoms with van der Waals surface area (Å²) < 4.78 is 5.33. The third kappa shape index (κ3) is 3.33. The minimum atomic E-state index is -0.933. The van der Waals surface area contributed by atoms with Gasteiger partial charge >= 0.3 is 5.97 Å². The number of carbonyl (C=O) groups excluding carboxylic acids is 1. The molecule has 1 aromatic heterocycles. The van der Waals surface area contributed by atoms with Crippen LogP contribution in [0.2, 0.25) is 0 Å². The van der Waals surface area contributed by atoms with E-state index in [0.717, 1.165) is 17.7 Å². The molecule has 1 amide bonds. The molecule has 0 radical (unpaired) electrons.